The molecule has 1 aromatic carbocycles. The highest BCUT2D eigenvalue weighted by atomic mass is 19.4. The van der Waals surface area contributed by atoms with Crippen LogP contribution in [0.1, 0.15) is 24.5 Å². The van der Waals surface area contributed by atoms with E-state index in [1.807, 2.05) is 0 Å². The molecule has 0 aromatic heterocycles. The maximum absolute atomic E-state index is 12.7. The number of nitrogens with one attached hydrogen (secondary N) is 1. The zero-order valence-electron chi connectivity index (χ0n) is 9.72. The van der Waals surface area contributed by atoms with Crippen LogP contribution < -0.4 is 5.32 Å². The van der Waals surface area contributed by atoms with E-state index in [9.17, 15) is 13.2 Å². The van der Waals surface area contributed by atoms with Gasteiger partial charge in [-0.15, -0.1) is 0 Å². The number of benzene rings is 1. The Bertz CT molecular complexity index is 386. The fraction of sp³-hybridized carbons (Fsp3) is 0.538. The molecule has 2 atom stereocenters. The first kappa shape index (κ1) is 12.4. The van der Waals surface area contributed by atoms with Gasteiger partial charge in [-0.3, -0.25) is 0 Å². The van der Waals surface area contributed by atoms with Crippen molar-refractivity contribution in [1.82, 2.24) is 5.32 Å². The van der Waals surface area contributed by atoms with Crippen molar-refractivity contribution in [1.29, 1.82) is 0 Å². The van der Waals surface area contributed by atoms with E-state index in [4.69, 9.17) is 0 Å². The van der Waals surface area contributed by atoms with E-state index < -0.39 is 11.7 Å². The molecule has 0 aliphatic heterocycles. The molecule has 2 rings (SSSR count). The third-order valence-corrected chi connectivity index (χ3v) is 3.32. The van der Waals surface area contributed by atoms with E-state index in [1.165, 1.54) is 18.6 Å². The van der Waals surface area contributed by atoms with Gasteiger partial charge in [-0.1, -0.05) is 25.1 Å². The third-order valence-electron chi connectivity index (χ3n) is 3.32. The van der Waals surface area contributed by atoms with Crippen LogP contribution >= 0.6 is 0 Å². The van der Waals surface area contributed by atoms with Crippen molar-refractivity contribution in [2.75, 3.05) is 6.54 Å². The molecule has 0 saturated heterocycles. The van der Waals surface area contributed by atoms with Crippen LogP contribution in [0.5, 0.6) is 0 Å². The first-order valence-electron chi connectivity index (χ1n) is 5.84. The molecule has 0 bridgehead atoms. The second kappa shape index (κ2) is 4.69. The van der Waals surface area contributed by atoms with E-state index in [0.717, 1.165) is 18.5 Å². The molecule has 1 aliphatic carbocycles. The van der Waals surface area contributed by atoms with Gasteiger partial charge in [0.25, 0.3) is 0 Å². The molecule has 0 heterocycles. The van der Waals surface area contributed by atoms with E-state index in [-0.39, 0.29) is 0 Å². The van der Waals surface area contributed by atoms with E-state index >= 15 is 0 Å². The molecule has 1 fully saturated rings. The molecule has 0 spiro atoms. The molecule has 1 aromatic rings. The quantitative estimate of drug-likeness (QED) is 0.854. The van der Waals surface area contributed by atoms with Crippen molar-refractivity contribution < 1.29 is 13.2 Å². The number of rotatable bonds is 4. The van der Waals surface area contributed by atoms with Crippen LogP contribution in [0, 0.1) is 11.8 Å². The summed E-state index contributed by atoms with van der Waals surface area (Å²) >= 11 is 0. The van der Waals surface area contributed by atoms with Crippen molar-refractivity contribution in [2.24, 2.45) is 11.8 Å². The Balaban J connectivity index is 1.95. The summed E-state index contributed by atoms with van der Waals surface area (Å²) in [5, 5.41) is 3.11. The predicted molar refractivity (Wildman–Crippen MR) is 60.4 cm³/mol. The fourth-order valence-corrected chi connectivity index (χ4v) is 2.03. The summed E-state index contributed by atoms with van der Waals surface area (Å²) in [6, 6.07) is 5.74. The van der Waals surface area contributed by atoms with Crippen molar-refractivity contribution in [3.8, 4) is 0 Å². The normalized spacial score (nSPS) is 23.8. The molecule has 0 radical (unpaired) electrons. The maximum Gasteiger partial charge on any atom is 0.416 e. The SMILES string of the molecule is CC1CC1CNCc1ccccc1C(F)(F)F. The molecule has 94 valence electrons. The number of halogens is 3. The molecule has 0 amide bonds. The Morgan fingerprint density at radius 3 is 2.53 bits per heavy atom. The Kier molecular flexibility index (Phi) is 3.43. The van der Waals surface area contributed by atoms with Gasteiger partial charge in [-0.2, -0.15) is 13.2 Å². The predicted octanol–water partition coefficient (Wildman–Crippen LogP) is 3.45. The van der Waals surface area contributed by atoms with Gasteiger partial charge in [0, 0.05) is 6.54 Å². The highest BCUT2D eigenvalue weighted by molar-refractivity contribution is 5.29. The lowest BCUT2D eigenvalue weighted by Gasteiger charge is -2.13. The van der Waals surface area contributed by atoms with Crippen molar-refractivity contribution in [3.05, 3.63) is 35.4 Å². The fourth-order valence-electron chi connectivity index (χ4n) is 2.03. The van der Waals surface area contributed by atoms with E-state index in [1.54, 1.807) is 6.07 Å². The monoisotopic (exact) mass is 243 g/mol. The molecular formula is C13H16F3N. The second-order valence-electron chi connectivity index (χ2n) is 4.76. The minimum absolute atomic E-state index is 0.291. The summed E-state index contributed by atoms with van der Waals surface area (Å²) in [6.07, 6.45) is -3.07. The first-order chi connectivity index (χ1) is 7.98. The average molecular weight is 243 g/mol. The molecule has 1 aliphatic rings. The summed E-state index contributed by atoms with van der Waals surface area (Å²) in [5.74, 6) is 1.37. The molecule has 1 nitrogen and oxygen atoms in total. The van der Waals surface area contributed by atoms with E-state index in [0.29, 0.717) is 18.0 Å². The van der Waals surface area contributed by atoms with Crippen LogP contribution in [-0.4, -0.2) is 6.54 Å². The zero-order valence-corrected chi connectivity index (χ0v) is 9.72. The smallest absolute Gasteiger partial charge is 0.312 e. The van der Waals surface area contributed by atoms with Gasteiger partial charge in [0.15, 0.2) is 0 Å². The Morgan fingerprint density at radius 1 is 1.29 bits per heavy atom. The highest BCUT2D eigenvalue weighted by Gasteiger charge is 2.34. The maximum atomic E-state index is 12.7. The Labute approximate surface area is 99.0 Å². The topological polar surface area (TPSA) is 12.0 Å². The van der Waals surface area contributed by atoms with Gasteiger partial charge in [-0.25, -0.2) is 0 Å². The van der Waals surface area contributed by atoms with E-state index in [2.05, 4.69) is 12.2 Å². The Hall–Kier alpha value is -1.03. The van der Waals surface area contributed by atoms with Crippen LogP contribution in [0.25, 0.3) is 0 Å². The van der Waals surface area contributed by atoms with Crippen LogP contribution in [0.15, 0.2) is 24.3 Å². The van der Waals surface area contributed by atoms with Crippen molar-refractivity contribution in [2.45, 2.75) is 26.1 Å². The van der Waals surface area contributed by atoms with Gasteiger partial charge in [-0.05, 0) is 36.4 Å². The minimum Gasteiger partial charge on any atom is -0.312 e. The number of hydrogen-bond donors (Lipinski definition) is 1. The third kappa shape index (κ3) is 3.22. The standard InChI is InChI=1S/C13H16F3N/c1-9-6-11(9)8-17-7-10-4-2-3-5-12(10)13(14,15)16/h2-5,9,11,17H,6-8H2,1H3. The van der Waals surface area contributed by atoms with Crippen LogP contribution in [0.2, 0.25) is 0 Å². The summed E-state index contributed by atoms with van der Waals surface area (Å²) in [6.45, 7) is 3.27. The summed E-state index contributed by atoms with van der Waals surface area (Å²) < 4.78 is 38.0. The molecule has 1 N–H and O–H groups in total. The van der Waals surface area contributed by atoms with Gasteiger partial charge in [0.05, 0.1) is 5.56 Å². The summed E-state index contributed by atoms with van der Waals surface area (Å²) in [7, 11) is 0. The van der Waals surface area contributed by atoms with Crippen LogP contribution in [-0.2, 0) is 12.7 Å². The second-order valence-corrected chi connectivity index (χ2v) is 4.76. The van der Waals surface area contributed by atoms with Crippen LogP contribution in [0.3, 0.4) is 0 Å². The summed E-state index contributed by atoms with van der Waals surface area (Å²) in [4.78, 5) is 0. The van der Waals surface area contributed by atoms with Gasteiger partial charge in [0.2, 0.25) is 0 Å². The molecule has 1 saturated carbocycles. The lowest BCUT2D eigenvalue weighted by atomic mass is 10.1. The molecular weight excluding hydrogens is 227 g/mol. The van der Waals surface area contributed by atoms with Crippen molar-refractivity contribution >= 4 is 0 Å². The first-order valence-corrected chi connectivity index (χ1v) is 5.84. The highest BCUT2D eigenvalue weighted by Crippen LogP contribution is 2.37. The zero-order chi connectivity index (χ0) is 12.5. The largest absolute Gasteiger partial charge is 0.416 e. The van der Waals surface area contributed by atoms with Crippen LogP contribution in [0.4, 0.5) is 13.2 Å². The van der Waals surface area contributed by atoms with Gasteiger partial charge < -0.3 is 5.32 Å². The molecule has 17 heavy (non-hydrogen) atoms. The number of hydrogen-bond acceptors (Lipinski definition) is 1. The summed E-state index contributed by atoms with van der Waals surface area (Å²) in [5.41, 5.74) is -0.204. The lowest BCUT2D eigenvalue weighted by Crippen LogP contribution is -2.19. The number of alkyl halides is 3. The average Bonchev–Trinajstić information content (AvgIpc) is 2.94. The van der Waals surface area contributed by atoms with Gasteiger partial charge >= 0.3 is 6.18 Å². The molecule has 4 heteroatoms. The Morgan fingerprint density at radius 2 is 1.94 bits per heavy atom. The van der Waals surface area contributed by atoms with Gasteiger partial charge in [0.1, 0.15) is 0 Å². The minimum atomic E-state index is -4.26. The van der Waals surface area contributed by atoms with Crippen molar-refractivity contribution in [3.63, 3.8) is 0 Å². The molecule has 2 unspecified atom stereocenters. The lowest BCUT2D eigenvalue weighted by molar-refractivity contribution is -0.138.